The minimum absolute atomic E-state index is 0.125. The van der Waals surface area contributed by atoms with E-state index in [1.54, 1.807) is 0 Å². The average Bonchev–Trinajstić information content (AvgIpc) is 1.72. The van der Waals surface area contributed by atoms with E-state index in [9.17, 15) is 5.11 Å². The van der Waals surface area contributed by atoms with Crippen LogP contribution in [-0.2, 0) is 0 Å². The Labute approximate surface area is 31.8 Å². The van der Waals surface area contributed by atoms with Gasteiger partial charge in [0.1, 0.15) is 0 Å². The molecule has 0 aromatic carbocycles. The van der Waals surface area contributed by atoms with Gasteiger partial charge in [0.05, 0.1) is 0 Å². The summed E-state index contributed by atoms with van der Waals surface area (Å²) in [5.41, 5.74) is 0. The van der Waals surface area contributed by atoms with Crippen molar-refractivity contribution in [2.75, 3.05) is 0 Å². The van der Waals surface area contributed by atoms with Crippen LogP contribution in [0, 0.1) is 0 Å². The molecule has 2 N–H and O–H groups in total. The van der Waals surface area contributed by atoms with Crippen LogP contribution in [0.3, 0.4) is 0 Å². The Hall–Kier alpha value is -0.860. The van der Waals surface area contributed by atoms with Gasteiger partial charge in [-0.05, 0) is 0 Å². The largest absolute Gasteiger partial charge is 0.873 e. The van der Waals surface area contributed by atoms with E-state index in [-0.39, 0.29) is 6.26 Å². The normalized spacial score (nSPS) is 10.4. The lowest BCUT2D eigenvalue weighted by molar-refractivity contribution is -0.282. The van der Waals surface area contributed by atoms with Crippen LogP contribution in [-0.4, -0.2) is 10.2 Å². The van der Waals surface area contributed by atoms with Crippen LogP contribution in [0.1, 0.15) is 0 Å². The predicted octanol–water partition coefficient (Wildman–Crippen LogP) is -0.738. The van der Waals surface area contributed by atoms with E-state index in [0.717, 1.165) is 0 Å². The average molecular weight is 77.1 g/mol. The molecule has 0 atom stereocenters. The summed E-state index contributed by atoms with van der Waals surface area (Å²) in [6.45, 7) is 0. The molecular formula is C2H3O3-. The third-order valence-electron chi connectivity index (χ3n) is 0.0962. The van der Waals surface area contributed by atoms with Crippen molar-refractivity contribution >= 4 is 0 Å². The van der Waals surface area contributed by atoms with Gasteiger partial charge in [0.25, 0.3) is 8.81 Å². The minimum atomic E-state index is -0.667. The van der Waals surface area contributed by atoms with Gasteiger partial charge in [-0.3, -0.25) is 0 Å². The van der Waals surface area contributed by atoms with Gasteiger partial charge in [-0.15, -0.1) is 0 Å². The maximum absolute atomic E-state index is 9.44. The standard InChI is InChI=1S/C2H4O3/c3-1-2(4)5/h1,3-5H/p-1/i/hD2. The molecule has 0 aliphatic carbocycles. The number of hydrogen-bond donors (Lipinski definition) is 2. The zero-order valence-corrected chi connectivity index (χ0v) is 2.30. The lowest BCUT2D eigenvalue weighted by Crippen LogP contribution is -1.89. The van der Waals surface area contributed by atoms with Gasteiger partial charge in [-0.2, -0.15) is 0 Å². The molecule has 0 spiro atoms. The molecule has 30 valence electrons. The second-order valence-electron chi connectivity index (χ2n) is 0.437. The zero-order chi connectivity index (χ0) is 5.70. The molecule has 0 fully saturated rings. The Kier molecular flexibility index (Phi) is 0.451. The molecule has 0 amide bonds. The summed E-state index contributed by atoms with van der Waals surface area (Å²) in [6, 6.07) is 0. The van der Waals surface area contributed by atoms with Crippen LogP contribution in [0.4, 0.5) is 0 Å². The van der Waals surface area contributed by atoms with E-state index in [2.05, 4.69) is 10.2 Å². The Bertz CT molecular complexity index is 65.3. The molecule has 3 nitrogen and oxygen atoms in total. The van der Waals surface area contributed by atoms with Gasteiger partial charge in [0.2, 0.25) is 0 Å². The van der Waals surface area contributed by atoms with Crippen LogP contribution in [0.15, 0.2) is 12.2 Å². The predicted molar refractivity (Wildman–Crippen MR) is 13.3 cm³/mol. The van der Waals surface area contributed by atoms with Crippen LogP contribution in [0.25, 0.3) is 2.86 Å². The highest BCUT2D eigenvalue weighted by Gasteiger charge is 1.61. The summed E-state index contributed by atoms with van der Waals surface area (Å²) >= 11 is 0. The molecule has 0 aliphatic heterocycles. The van der Waals surface area contributed by atoms with Crippen LogP contribution < -0.4 is 5.11 Å². The highest BCUT2D eigenvalue weighted by atomic mass is 16.5. The van der Waals surface area contributed by atoms with Crippen molar-refractivity contribution in [3.63, 3.8) is 0 Å². The fourth-order valence-corrected chi connectivity index (χ4v) is 0. The Morgan fingerprint density at radius 2 is 2.60 bits per heavy atom. The Morgan fingerprint density at radius 1 is 2.00 bits per heavy atom. The molecule has 0 radical (unpaired) electrons. The third-order valence-corrected chi connectivity index (χ3v) is 0.0962. The van der Waals surface area contributed by atoms with Crippen LogP contribution >= 0.6 is 0 Å². The molecule has 5 heavy (non-hydrogen) atoms. The number of aliphatic hydroxyl groups excluding tert-OH is 1. The van der Waals surface area contributed by atoms with E-state index < -0.39 is 5.95 Å². The first-order chi connectivity index (χ1) is 3.35. The fraction of sp³-hybridized carbons (Fsp3) is 0. The first-order valence-corrected chi connectivity index (χ1v) is 0.933. The molecule has 0 heterocycles. The van der Waals surface area contributed by atoms with E-state index in [1.807, 2.05) is 0 Å². The molecule has 0 aromatic heterocycles. The van der Waals surface area contributed by atoms with Crippen molar-refractivity contribution in [2.24, 2.45) is 0 Å². The first kappa shape index (κ1) is 1.55. The van der Waals surface area contributed by atoms with Gasteiger partial charge in [-0.25, -0.2) is 0 Å². The van der Waals surface area contributed by atoms with Gasteiger partial charge < -0.3 is 15.3 Å². The molecule has 0 bridgehead atoms. The summed E-state index contributed by atoms with van der Waals surface area (Å²) < 4.78 is 11.9. The SMILES string of the molecule is [2H]OC(=C[O-])O[2H]. The van der Waals surface area contributed by atoms with Crippen molar-refractivity contribution in [1.29, 1.82) is 2.86 Å². The van der Waals surface area contributed by atoms with Gasteiger partial charge in [-0.1, -0.05) is 6.26 Å². The molecular weight excluding hydrogens is 72.0 g/mol. The van der Waals surface area contributed by atoms with Crippen molar-refractivity contribution in [1.82, 2.24) is 0 Å². The second kappa shape index (κ2) is 1.46. The summed E-state index contributed by atoms with van der Waals surface area (Å²) in [5, 5.41) is 16.3. The van der Waals surface area contributed by atoms with Crippen molar-refractivity contribution in [2.45, 2.75) is 0 Å². The molecule has 0 aliphatic rings. The number of rotatable bonds is 2. The molecule has 0 saturated heterocycles. The first-order valence-electron chi connectivity index (χ1n) is 1.75. The lowest BCUT2D eigenvalue weighted by Gasteiger charge is -1.85. The molecule has 0 saturated carbocycles. The van der Waals surface area contributed by atoms with Gasteiger partial charge >= 0.3 is 0 Å². The van der Waals surface area contributed by atoms with Crippen molar-refractivity contribution < 1.29 is 15.3 Å². The maximum Gasteiger partial charge on any atom is 0.296 e. The summed E-state index contributed by atoms with van der Waals surface area (Å²) in [4.78, 5) is 0. The summed E-state index contributed by atoms with van der Waals surface area (Å²) in [7, 11) is 0. The van der Waals surface area contributed by atoms with E-state index in [4.69, 9.17) is 2.86 Å². The van der Waals surface area contributed by atoms with Crippen LogP contribution in [0.5, 0.6) is 0 Å². The zero-order valence-electron chi connectivity index (χ0n) is 4.30. The van der Waals surface area contributed by atoms with Crippen LogP contribution in [0.2, 0.25) is 0 Å². The quantitative estimate of drug-likeness (QED) is 0.427. The Balaban J connectivity index is 3.38. The topological polar surface area (TPSA) is 63.5 Å². The molecule has 0 unspecified atom stereocenters. The fourth-order valence-electron chi connectivity index (χ4n) is 0. The molecule has 0 rings (SSSR count). The minimum Gasteiger partial charge on any atom is -0.873 e. The van der Waals surface area contributed by atoms with Gasteiger partial charge in [0, 0.05) is 0 Å². The smallest absolute Gasteiger partial charge is 0.296 e. The highest BCUT2D eigenvalue weighted by Crippen LogP contribution is 1.64. The van der Waals surface area contributed by atoms with E-state index in [0.29, 0.717) is 0 Å². The van der Waals surface area contributed by atoms with Gasteiger partial charge in [0.15, 0.2) is 0 Å². The second-order valence-corrected chi connectivity index (χ2v) is 0.437. The number of hydrogen-bond acceptors (Lipinski definition) is 3. The summed E-state index contributed by atoms with van der Waals surface area (Å²) in [6.07, 6.45) is 0.125. The molecule has 0 aromatic rings. The lowest BCUT2D eigenvalue weighted by atomic mass is 11.0. The Morgan fingerprint density at radius 3 is 2.60 bits per heavy atom. The van der Waals surface area contributed by atoms with Crippen molar-refractivity contribution in [3.8, 4) is 0 Å². The number of aliphatic hydroxyl groups is 2. The summed E-state index contributed by atoms with van der Waals surface area (Å²) in [5.74, 6) is -0.667. The van der Waals surface area contributed by atoms with Crippen molar-refractivity contribution in [3.05, 3.63) is 12.2 Å². The van der Waals surface area contributed by atoms with E-state index >= 15 is 0 Å². The molecule has 3 heteroatoms. The highest BCUT2D eigenvalue weighted by molar-refractivity contribution is 4.61. The van der Waals surface area contributed by atoms with E-state index in [1.165, 1.54) is 0 Å². The maximum atomic E-state index is 9.44. The monoisotopic (exact) mass is 77.0 g/mol. The third kappa shape index (κ3) is 3.14.